The number of furan rings is 1. The van der Waals surface area contributed by atoms with Gasteiger partial charge in [0, 0.05) is 5.56 Å². The van der Waals surface area contributed by atoms with Crippen LogP contribution in [0.5, 0.6) is 5.75 Å². The van der Waals surface area contributed by atoms with Crippen LogP contribution in [0.3, 0.4) is 0 Å². The van der Waals surface area contributed by atoms with E-state index in [2.05, 4.69) is 11.5 Å². The number of rotatable bonds is 4. The molecule has 2 rings (SSSR count). The molecule has 0 saturated carbocycles. The Morgan fingerprint density at radius 1 is 1.21 bits per heavy atom. The molecule has 0 radical (unpaired) electrons. The van der Waals surface area contributed by atoms with Crippen LogP contribution in [-0.4, -0.2) is 7.11 Å². The van der Waals surface area contributed by atoms with Crippen LogP contribution in [-0.2, 0) is 0 Å². The summed E-state index contributed by atoms with van der Waals surface area (Å²) in [5.41, 5.74) is 7.17. The molecule has 0 fully saturated rings. The van der Waals surface area contributed by atoms with Crippen LogP contribution in [0.4, 0.5) is 0 Å². The molecule has 0 spiro atoms. The Kier molecular flexibility index (Phi) is 3.93. The molecule has 1 aromatic heterocycles. The molecule has 1 aromatic carbocycles. The lowest BCUT2D eigenvalue weighted by Gasteiger charge is -2.21. The summed E-state index contributed by atoms with van der Waals surface area (Å²) in [4.78, 5) is 0. The maximum atomic E-state index is 5.73. The Morgan fingerprint density at radius 3 is 2.47 bits per heavy atom. The largest absolute Gasteiger partial charge is 0.496 e. The Balaban J connectivity index is 2.59. The minimum Gasteiger partial charge on any atom is -0.496 e. The molecule has 0 aliphatic heterocycles. The molecule has 1 atom stereocenters. The van der Waals surface area contributed by atoms with E-state index in [4.69, 9.17) is 15.0 Å². The normalized spacial score (nSPS) is 12.5. The highest BCUT2D eigenvalue weighted by atomic mass is 16.5. The molecule has 2 aromatic rings. The van der Waals surface area contributed by atoms with E-state index >= 15 is 0 Å². The van der Waals surface area contributed by atoms with E-state index in [0.717, 1.165) is 33.8 Å². The Labute approximate surface area is 113 Å². The van der Waals surface area contributed by atoms with E-state index in [0.29, 0.717) is 0 Å². The summed E-state index contributed by atoms with van der Waals surface area (Å²) in [5, 5.41) is 0. The van der Waals surface area contributed by atoms with Gasteiger partial charge in [-0.25, -0.2) is 5.43 Å². The summed E-state index contributed by atoms with van der Waals surface area (Å²) in [5.74, 6) is 7.36. The molecule has 0 amide bonds. The van der Waals surface area contributed by atoms with Crippen LogP contribution < -0.4 is 16.0 Å². The molecular formula is C15H20N2O2. The van der Waals surface area contributed by atoms with Gasteiger partial charge in [0.25, 0.3) is 0 Å². The topological polar surface area (TPSA) is 60.4 Å². The maximum Gasteiger partial charge on any atom is 0.129 e. The van der Waals surface area contributed by atoms with Gasteiger partial charge < -0.3 is 9.15 Å². The highest BCUT2D eigenvalue weighted by Crippen LogP contribution is 2.34. The average Bonchev–Trinajstić information content (AvgIpc) is 2.78. The van der Waals surface area contributed by atoms with Crippen LogP contribution >= 0.6 is 0 Å². The summed E-state index contributed by atoms with van der Waals surface area (Å²) in [6.45, 7) is 6.09. The monoisotopic (exact) mass is 260 g/mol. The molecule has 3 N–H and O–H groups in total. The third kappa shape index (κ3) is 2.50. The fraction of sp³-hybridized carbons (Fsp3) is 0.333. The van der Waals surface area contributed by atoms with Crippen LogP contribution in [0.2, 0.25) is 0 Å². The van der Waals surface area contributed by atoms with Gasteiger partial charge in [-0.05, 0) is 49.6 Å². The molecule has 4 nitrogen and oxygen atoms in total. The van der Waals surface area contributed by atoms with Crippen LogP contribution in [0, 0.1) is 20.8 Å². The zero-order chi connectivity index (χ0) is 14.0. The second kappa shape index (κ2) is 5.47. The number of nitrogens with one attached hydrogen (secondary N) is 1. The average molecular weight is 260 g/mol. The summed E-state index contributed by atoms with van der Waals surface area (Å²) in [6.07, 6.45) is 1.67. The third-order valence-corrected chi connectivity index (χ3v) is 3.33. The molecule has 1 unspecified atom stereocenters. The first-order chi connectivity index (χ1) is 9.08. The maximum absolute atomic E-state index is 5.73. The molecule has 1 heterocycles. The van der Waals surface area contributed by atoms with E-state index in [9.17, 15) is 0 Å². The molecular weight excluding hydrogens is 240 g/mol. The van der Waals surface area contributed by atoms with Gasteiger partial charge in [-0.2, -0.15) is 0 Å². The number of nitrogens with two attached hydrogens (primary N) is 1. The van der Waals surface area contributed by atoms with Crippen LogP contribution in [0.15, 0.2) is 28.9 Å². The molecule has 0 saturated heterocycles. The Bertz CT molecular complexity index is 576. The van der Waals surface area contributed by atoms with Crippen molar-refractivity contribution in [3.63, 3.8) is 0 Å². The Hall–Kier alpha value is -1.78. The number of hydrazine groups is 1. The molecule has 4 heteroatoms. The second-order valence-corrected chi connectivity index (χ2v) is 4.77. The van der Waals surface area contributed by atoms with E-state index in [-0.39, 0.29) is 6.04 Å². The van der Waals surface area contributed by atoms with Crippen molar-refractivity contribution in [2.24, 2.45) is 5.84 Å². The first-order valence-electron chi connectivity index (χ1n) is 6.23. The van der Waals surface area contributed by atoms with Crippen molar-refractivity contribution in [3.8, 4) is 5.75 Å². The summed E-state index contributed by atoms with van der Waals surface area (Å²) >= 11 is 0. The van der Waals surface area contributed by atoms with Crippen molar-refractivity contribution in [2.75, 3.05) is 7.11 Å². The number of methoxy groups -OCH3 is 1. The second-order valence-electron chi connectivity index (χ2n) is 4.77. The highest BCUT2D eigenvalue weighted by Gasteiger charge is 2.23. The van der Waals surface area contributed by atoms with Crippen molar-refractivity contribution in [2.45, 2.75) is 26.8 Å². The smallest absolute Gasteiger partial charge is 0.129 e. The van der Waals surface area contributed by atoms with Crippen molar-refractivity contribution in [3.05, 3.63) is 52.5 Å². The van der Waals surface area contributed by atoms with Crippen molar-refractivity contribution < 1.29 is 9.15 Å². The van der Waals surface area contributed by atoms with Crippen molar-refractivity contribution >= 4 is 0 Å². The SMILES string of the molecule is COc1cc(C)cc(C)c1C(NN)c1occc1C. The predicted octanol–water partition coefficient (Wildman–Crippen LogP) is 2.77. The zero-order valence-corrected chi connectivity index (χ0v) is 11.8. The first-order valence-corrected chi connectivity index (χ1v) is 6.23. The minimum absolute atomic E-state index is 0.217. The fourth-order valence-electron chi connectivity index (χ4n) is 2.45. The molecule has 19 heavy (non-hydrogen) atoms. The van der Waals surface area contributed by atoms with Gasteiger partial charge in [0.2, 0.25) is 0 Å². The van der Waals surface area contributed by atoms with E-state index < -0.39 is 0 Å². The van der Waals surface area contributed by atoms with E-state index in [1.54, 1.807) is 13.4 Å². The van der Waals surface area contributed by atoms with Crippen molar-refractivity contribution in [1.29, 1.82) is 0 Å². The van der Waals surface area contributed by atoms with Gasteiger partial charge in [0.1, 0.15) is 17.6 Å². The summed E-state index contributed by atoms with van der Waals surface area (Å²) < 4.78 is 11.0. The lowest BCUT2D eigenvalue weighted by molar-refractivity contribution is 0.392. The lowest BCUT2D eigenvalue weighted by Crippen LogP contribution is -2.30. The first kappa shape index (κ1) is 13.6. The van der Waals surface area contributed by atoms with Gasteiger partial charge >= 0.3 is 0 Å². The van der Waals surface area contributed by atoms with E-state index in [1.165, 1.54) is 0 Å². The van der Waals surface area contributed by atoms with Crippen LogP contribution in [0.1, 0.15) is 34.1 Å². The lowest BCUT2D eigenvalue weighted by atomic mass is 9.95. The van der Waals surface area contributed by atoms with Gasteiger partial charge in [-0.15, -0.1) is 0 Å². The van der Waals surface area contributed by atoms with E-state index in [1.807, 2.05) is 32.9 Å². The summed E-state index contributed by atoms with van der Waals surface area (Å²) in [7, 11) is 1.67. The number of aryl methyl sites for hydroxylation is 3. The van der Waals surface area contributed by atoms with Gasteiger partial charge in [0.15, 0.2) is 0 Å². The molecule has 102 valence electrons. The Morgan fingerprint density at radius 2 is 1.95 bits per heavy atom. The predicted molar refractivity (Wildman–Crippen MR) is 75.1 cm³/mol. The fourth-order valence-corrected chi connectivity index (χ4v) is 2.45. The van der Waals surface area contributed by atoms with Gasteiger partial charge in [0.05, 0.1) is 13.4 Å². The van der Waals surface area contributed by atoms with Crippen molar-refractivity contribution in [1.82, 2.24) is 5.43 Å². The summed E-state index contributed by atoms with van der Waals surface area (Å²) in [6, 6.07) is 5.83. The van der Waals surface area contributed by atoms with Gasteiger partial charge in [-0.1, -0.05) is 6.07 Å². The third-order valence-electron chi connectivity index (χ3n) is 3.33. The number of benzene rings is 1. The molecule has 0 aliphatic carbocycles. The zero-order valence-electron chi connectivity index (χ0n) is 11.8. The van der Waals surface area contributed by atoms with Crippen LogP contribution in [0.25, 0.3) is 0 Å². The molecule has 0 bridgehead atoms. The quantitative estimate of drug-likeness (QED) is 0.655. The standard InChI is InChI=1S/C15H20N2O2/c1-9-7-11(3)13(12(8-9)18-4)14(17-16)15-10(2)5-6-19-15/h5-8,14,17H,16H2,1-4H3. The number of hydrogen-bond donors (Lipinski definition) is 2. The number of hydrogen-bond acceptors (Lipinski definition) is 4. The van der Waals surface area contributed by atoms with Gasteiger partial charge in [-0.3, -0.25) is 5.84 Å². The number of ether oxygens (including phenoxy) is 1. The molecule has 0 aliphatic rings. The minimum atomic E-state index is -0.217. The highest BCUT2D eigenvalue weighted by molar-refractivity contribution is 5.48.